The van der Waals surface area contributed by atoms with Crippen LogP contribution in [0.15, 0.2) is 5.38 Å². The van der Waals surface area contributed by atoms with Crippen molar-refractivity contribution in [3.05, 3.63) is 11.1 Å². The monoisotopic (exact) mass is 158 g/mol. The fourth-order valence-corrected chi connectivity index (χ4v) is 1.24. The van der Waals surface area contributed by atoms with E-state index in [4.69, 9.17) is 5.11 Å². The van der Waals surface area contributed by atoms with Crippen LogP contribution in [-0.2, 0) is 0 Å². The molecule has 0 saturated heterocycles. The second-order valence-electron chi connectivity index (χ2n) is 1.63. The molecule has 10 heavy (non-hydrogen) atoms. The average Bonchev–Trinajstić information content (AvgIpc) is 2.33. The maximum absolute atomic E-state index is 10.3. The Morgan fingerprint density at radius 3 is 3.00 bits per heavy atom. The van der Waals surface area contributed by atoms with E-state index in [1.807, 2.05) is 0 Å². The number of carboxylic acid groups (broad SMARTS) is 1. The Labute approximate surface area is 61.7 Å². The summed E-state index contributed by atoms with van der Waals surface area (Å²) < 4.78 is 3.67. The molecule has 1 rings (SSSR count). The van der Waals surface area contributed by atoms with E-state index in [0.717, 1.165) is 11.5 Å². The quantitative estimate of drug-likeness (QED) is 0.670. The molecule has 2 N–H and O–H groups in total. The van der Waals surface area contributed by atoms with Gasteiger partial charge in [-0.15, -0.1) is 0 Å². The van der Waals surface area contributed by atoms with Gasteiger partial charge in [0.05, 0.1) is 5.69 Å². The van der Waals surface area contributed by atoms with Gasteiger partial charge >= 0.3 is 5.97 Å². The maximum atomic E-state index is 10.3. The minimum absolute atomic E-state index is 0.0903. The van der Waals surface area contributed by atoms with Crippen LogP contribution in [0.3, 0.4) is 0 Å². The van der Waals surface area contributed by atoms with Gasteiger partial charge in [-0.25, -0.2) is 4.79 Å². The highest BCUT2D eigenvalue weighted by Gasteiger charge is 2.10. The standard InChI is InChI=1S/C5H6N2O2S/c1-6-3-2-10-7-4(3)5(8)9/h2,6H,1H3,(H,8,9). The van der Waals surface area contributed by atoms with Crippen molar-refractivity contribution in [3.8, 4) is 0 Å². The van der Waals surface area contributed by atoms with Gasteiger partial charge in [0.1, 0.15) is 0 Å². The molecule has 0 fully saturated rings. The molecule has 0 saturated carbocycles. The first kappa shape index (κ1) is 7.01. The third kappa shape index (κ3) is 1.08. The fourth-order valence-electron chi connectivity index (χ4n) is 0.568. The Hall–Kier alpha value is -1.10. The molecule has 0 bridgehead atoms. The van der Waals surface area contributed by atoms with Crippen molar-refractivity contribution in [2.24, 2.45) is 0 Å². The highest BCUT2D eigenvalue weighted by molar-refractivity contribution is 7.04. The Kier molecular flexibility index (Phi) is 1.86. The zero-order valence-corrected chi connectivity index (χ0v) is 6.10. The summed E-state index contributed by atoms with van der Waals surface area (Å²) in [6.07, 6.45) is 0. The number of anilines is 1. The van der Waals surface area contributed by atoms with E-state index in [-0.39, 0.29) is 5.69 Å². The topological polar surface area (TPSA) is 62.2 Å². The first-order chi connectivity index (χ1) is 4.75. The number of aromatic carboxylic acids is 1. The Morgan fingerprint density at radius 2 is 2.60 bits per heavy atom. The molecule has 1 aromatic heterocycles. The summed E-state index contributed by atoms with van der Waals surface area (Å²) in [6, 6.07) is 0. The van der Waals surface area contributed by atoms with Crippen LogP contribution in [0.4, 0.5) is 5.69 Å². The third-order valence-corrected chi connectivity index (χ3v) is 1.67. The van der Waals surface area contributed by atoms with Crippen molar-refractivity contribution in [2.75, 3.05) is 12.4 Å². The second kappa shape index (κ2) is 2.66. The zero-order chi connectivity index (χ0) is 7.56. The number of hydrogen-bond acceptors (Lipinski definition) is 4. The van der Waals surface area contributed by atoms with Crippen LogP contribution in [0.1, 0.15) is 10.5 Å². The molecular formula is C5H6N2O2S. The number of nitrogens with one attached hydrogen (secondary N) is 1. The lowest BCUT2D eigenvalue weighted by Gasteiger charge is -1.93. The van der Waals surface area contributed by atoms with Gasteiger partial charge in [-0.1, -0.05) is 0 Å². The van der Waals surface area contributed by atoms with Crippen LogP contribution in [0, 0.1) is 0 Å². The zero-order valence-electron chi connectivity index (χ0n) is 5.29. The van der Waals surface area contributed by atoms with Crippen LogP contribution >= 0.6 is 11.5 Å². The molecule has 0 amide bonds. The van der Waals surface area contributed by atoms with Crippen LogP contribution in [-0.4, -0.2) is 22.5 Å². The molecule has 1 heterocycles. The smallest absolute Gasteiger partial charge is 0.357 e. The molecule has 0 spiro atoms. The van der Waals surface area contributed by atoms with Crippen molar-refractivity contribution >= 4 is 23.2 Å². The first-order valence-corrected chi connectivity index (χ1v) is 3.44. The number of hydrogen-bond donors (Lipinski definition) is 2. The van der Waals surface area contributed by atoms with Gasteiger partial charge < -0.3 is 10.4 Å². The van der Waals surface area contributed by atoms with Crippen molar-refractivity contribution in [1.82, 2.24) is 4.37 Å². The molecule has 0 atom stereocenters. The van der Waals surface area contributed by atoms with E-state index in [1.54, 1.807) is 12.4 Å². The maximum Gasteiger partial charge on any atom is 0.357 e. The van der Waals surface area contributed by atoms with E-state index in [9.17, 15) is 4.79 Å². The van der Waals surface area contributed by atoms with Gasteiger partial charge in [0, 0.05) is 12.4 Å². The Bertz CT molecular complexity index is 246. The van der Waals surface area contributed by atoms with Crippen molar-refractivity contribution in [1.29, 1.82) is 0 Å². The number of carbonyl (C=O) groups is 1. The SMILES string of the molecule is CNc1csnc1C(=O)O. The van der Waals surface area contributed by atoms with E-state index in [2.05, 4.69) is 9.69 Å². The van der Waals surface area contributed by atoms with E-state index in [0.29, 0.717) is 5.69 Å². The fraction of sp³-hybridized carbons (Fsp3) is 0.200. The van der Waals surface area contributed by atoms with Crippen LogP contribution in [0.5, 0.6) is 0 Å². The summed E-state index contributed by atoms with van der Waals surface area (Å²) in [7, 11) is 1.66. The van der Waals surface area contributed by atoms with Gasteiger partial charge in [-0.05, 0) is 11.5 Å². The van der Waals surface area contributed by atoms with Crippen molar-refractivity contribution in [3.63, 3.8) is 0 Å². The lowest BCUT2D eigenvalue weighted by Crippen LogP contribution is -2.00. The van der Waals surface area contributed by atoms with Crippen LogP contribution < -0.4 is 5.32 Å². The van der Waals surface area contributed by atoms with Gasteiger partial charge in [-0.2, -0.15) is 4.37 Å². The summed E-state index contributed by atoms with van der Waals surface area (Å²) >= 11 is 1.13. The summed E-state index contributed by atoms with van der Waals surface area (Å²) in [5.41, 5.74) is 0.657. The molecule has 54 valence electrons. The van der Waals surface area contributed by atoms with Crippen molar-refractivity contribution < 1.29 is 9.90 Å². The number of rotatable bonds is 2. The molecule has 4 nitrogen and oxygen atoms in total. The first-order valence-electron chi connectivity index (χ1n) is 2.61. The third-order valence-electron chi connectivity index (χ3n) is 1.04. The summed E-state index contributed by atoms with van der Waals surface area (Å²) in [6.45, 7) is 0. The number of nitrogens with zero attached hydrogens (tertiary/aromatic N) is 1. The minimum atomic E-state index is -0.995. The van der Waals surface area contributed by atoms with Gasteiger partial charge in [0.15, 0.2) is 5.69 Å². The van der Waals surface area contributed by atoms with Crippen molar-refractivity contribution in [2.45, 2.75) is 0 Å². The summed E-state index contributed by atoms with van der Waals surface area (Å²) in [5, 5.41) is 12.9. The average molecular weight is 158 g/mol. The summed E-state index contributed by atoms with van der Waals surface area (Å²) in [4.78, 5) is 10.3. The molecule has 1 aromatic rings. The molecule has 0 radical (unpaired) electrons. The molecule has 0 aliphatic heterocycles. The van der Waals surface area contributed by atoms with Crippen LogP contribution in [0.2, 0.25) is 0 Å². The lowest BCUT2D eigenvalue weighted by atomic mass is 10.4. The highest BCUT2D eigenvalue weighted by atomic mass is 32.1. The molecule has 5 heteroatoms. The molecular weight excluding hydrogens is 152 g/mol. The van der Waals surface area contributed by atoms with E-state index in [1.165, 1.54) is 0 Å². The molecule has 0 aliphatic carbocycles. The largest absolute Gasteiger partial charge is 0.476 e. The van der Waals surface area contributed by atoms with Gasteiger partial charge in [0.25, 0.3) is 0 Å². The Morgan fingerprint density at radius 1 is 1.90 bits per heavy atom. The minimum Gasteiger partial charge on any atom is -0.476 e. The summed E-state index contributed by atoms with van der Waals surface area (Å²) in [5.74, 6) is -0.995. The van der Waals surface area contributed by atoms with E-state index >= 15 is 0 Å². The second-order valence-corrected chi connectivity index (χ2v) is 2.26. The molecule has 0 aromatic carbocycles. The van der Waals surface area contributed by atoms with Crippen LogP contribution in [0.25, 0.3) is 0 Å². The van der Waals surface area contributed by atoms with Gasteiger partial charge in [-0.3, -0.25) is 0 Å². The van der Waals surface area contributed by atoms with Gasteiger partial charge in [0.2, 0.25) is 0 Å². The molecule has 0 unspecified atom stereocenters. The lowest BCUT2D eigenvalue weighted by molar-refractivity contribution is 0.0693. The predicted octanol–water partition coefficient (Wildman–Crippen LogP) is 0.883. The molecule has 0 aliphatic rings. The normalized spacial score (nSPS) is 9.30. The predicted molar refractivity (Wildman–Crippen MR) is 38.6 cm³/mol. The van der Waals surface area contributed by atoms with E-state index < -0.39 is 5.97 Å². The number of aromatic nitrogens is 1. The highest BCUT2D eigenvalue weighted by Crippen LogP contribution is 2.15. The Balaban J connectivity index is 3.01. The number of carboxylic acids is 1.